The molecule has 25 heavy (non-hydrogen) atoms. The van der Waals surface area contributed by atoms with Crippen LogP contribution >= 0.6 is 12.4 Å². The predicted octanol–water partition coefficient (Wildman–Crippen LogP) is 2.39. The van der Waals surface area contributed by atoms with E-state index in [0.717, 1.165) is 31.7 Å². The van der Waals surface area contributed by atoms with Gasteiger partial charge < -0.3 is 16.4 Å². The molecule has 0 radical (unpaired) electrons. The normalized spacial score (nSPS) is 15.1. The van der Waals surface area contributed by atoms with E-state index in [4.69, 9.17) is 11.5 Å². The maximum atomic E-state index is 5.90. The molecular weight excluding hydrogens is 338 g/mol. The minimum atomic E-state index is 0. The summed E-state index contributed by atoms with van der Waals surface area (Å²) in [5.74, 6) is 1.80. The third kappa shape index (κ3) is 3.41. The Labute approximate surface area is 151 Å². The first-order chi connectivity index (χ1) is 11.7. The number of hydrogen-bond acceptors (Lipinski definition) is 7. The number of aromatic nitrogens is 4. The maximum absolute atomic E-state index is 5.90. The van der Waals surface area contributed by atoms with E-state index in [-0.39, 0.29) is 24.2 Å². The van der Waals surface area contributed by atoms with Gasteiger partial charge in [-0.3, -0.25) is 0 Å². The van der Waals surface area contributed by atoms with Crippen LogP contribution in [0.1, 0.15) is 24.3 Å². The third-order valence-electron chi connectivity index (χ3n) is 4.53. The first-order valence-electron chi connectivity index (χ1n) is 8.06. The van der Waals surface area contributed by atoms with E-state index in [1.165, 1.54) is 5.56 Å². The Kier molecular flexibility index (Phi) is 4.85. The van der Waals surface area contributed by atoms with Crippen LogP contribution in [0.5, 0.6) is 0 Å². The SMILES string of the molecule is Cl.Nc1nc(N)c2nc(N3CCC(c4ccccc4)CC3)cnc2n1. The lowest BCUT2D eigenvalue weighted by molar-refractivity contribution is 0.502. The molecule has 3 aromatic rings. The number of benzene rings is 1. The van der Waals surface area contributed by atoms with E-state index in [9.17, 15) is 0 Å². The summed E-state index contributed by atoms with van der Waals surface area (Å²) in [6.45, 7) is 1.88. The minimum absolute atomic E-state index is 0. The number of anilines is 3. The third-order valence-corrected chi connectivity index (χ3v) is 4.53. The number of piperidine rings is 1. The average Bonchev–Trinajstić information content (AvgIpc) is 2.62. The summed E-state index contributed by atoms with van der Waals surface area (Å²) in [7, 11) is 0. The molecule has 4 N–H and O–H groups in total. The lowest BCUT2D eigenvalue weighted by Crippen LogP contribution is -2.33. The van der Waals surface area contributed by atoms with Crippen molar-refractivity contribution >= 4 is 41.2 Å². The molecule has 1 aromatic carbocycles. The second-order valence-electron chi connectivity index (χ2n) is 6.04. The fourth-order valence-electron chi connectivity index (χ4n) is 3.26. The molecule has 4 rings (SSSR count). The van der Waals surface area contributed by atoms with Gasteiger partial charge in [0.1, 0.15) is 5.82 Å². The van der Waals surface area contributed by atoms with Crippen LogP contribution in [-0.4, -0.2) is 33.0 Å². The Bertz CT molecular complexity index is 864. The van der Waals surface area contributed by atoms with Gasteiger partial charge in [-0.05, 0) is 24.3 Å². The zero-order chi connectivity index (χ0) is 16.5. The van der Waals surface area contributed by atoms with E-state index in [0.29, 0.717) is 17.1 Å². The molecule has 0 saturated carbocycles. The van der Waals surface area contributed by atoms with Gasteiger partial charge in [0.05, 0.1) is 6.20 Å². The van der Waals surface area contributed by atoms with Crippen LogP contribution in [0.3, 0.4) is 0 Å². The van der Waals surface area contributed by atoms with Crippen LogP contribution < -0.4 is 16.4 Å². The predicted molar refractivity (Wildman–Crippen MR) is 102 cm³/mol. The number of rotatable bonds is 2. The highest BCUT2D eigenvalue weighted by molar-refractivity contribution is 5.85. The first-order valence-corrected chi connectivity index (χ1v) is 8.06. The molecule has 8 heteroatoms. The molecule has 3 heterocycles. The zero-order valence-corrected chi connectivity index (χ0v) is 14.5. The van der Waals surface area contributed by atoms with E-state index < -0.39 is 0 Å². The monoisotopic (exact) mass is 357 g/mol. The van der Waals surface area contributed by atoms with Crippen molar-refractivity contribution in [2.24, 2.45) is 0 Å². The topological polar surface area (TPSA) is 107 Å². The molecule has 1 saturated heterocycles. The van der Waals surface area contributed by atoms with E-state index in [1.54, 1.807) is 6.20 Å². The summed E-state index contributed by atoms with van der Waals surface area (Å²) in [5.41, 5.74) is 13.8. The Morgan fingerprint density at radius 1 is 0.960 bits per heavy atom. The van der Waals surface area contributed by atoms with Crippen molar-refractivity contribution in [1.82, 2.24) is 19.9 Å². The number of halogens is 1. The molecule has 0 atom stereocenters. The number of nitrogens with zero attached hydrogens (tertiary/aromatic N) is 5. The summed E-state index contributed by atoms with van der Waals surface area (Å²) >= 11 is 0. The van der Waals surface area contributed by atoms with Gasteiger partial charge in [0.25, 0.3) is 0 Å². The molecule has 0 spiro atoms. The van der Waals surface area contributed by atoms with Crippen molar-refractivity contribution < 1.29 is 0 Å². The van der Waals surface area contributed by atoms with Gasteiger partial charge in [0.2, 0.25) is 5.95 Å². The van der Waals surface area contributed by atoms with Gasteiger partial charge in [-0.15, -0.1) is 12.4 Å². The fourth-order valence-corrected chi connectivity index (χ4v) is 3.26. The molecule has 0 bridgehead atoms. The Morgan fingerprint density at radius 3 is 2.40 bits per heavy atom. The molecule has 1 aliphatic heterocycles. The summed E-state index contributed by atoms with van der Waals surface area (Å²) in [6, 6.07) is 10.7. The summed E-state index contributed by atoms with van der Waals surface area (Å²) in [6.07, 6.45) is 3.92. The van der Waals surface area contributed by atoms with Crippen molar-refractivity contribution in [3.05, 3.63) is 42.1 Å². The van der Waals surface area contributed by atoms with Crippen molar-refractivity contribution in [1.29, 1.82) is 0 Å². The summed E-state index contributed by atoms with van der Waals surface area (Å²) < 4.78 is 0. The lowest BCUT2D eigenvalue weighted by atomic mass is 9.89. The van der Waals surface area contributed by atoms with E-state index >= 15 is 0 Å². The molecule has 1 aliphatic rings. The van der Waals surface area contributed by atoms with Crippen molar-refractivity contribution in [2.75, 3.05) is 29.5 Å². The Hall–Kier alpha value is -2.67. The molecule has 2 aromatic heterocycles. The Morgan fingerprint density at radius 2 is 1.68 bits per heavy atom. The largest absolute Gasteiger partial charge is 0.382 e. The second kappa shape index (κ2) is 7.06. The quantitative estimate of drug-likeness (QED) is 0.725. The smallest absolute Gasteiger partial charge is 0.224 e. The Balaban J connectivity index is 0.00000182. The number of nitrogens with two attached hydrogens (primary N) is 2. The fraction of sp³-hybridized carbons (Fsp3) is 0.294. The first kappa shape index (κ1) is 17.2. The van der Waals surface area contributed by atoms with Gasteiger partial charge in [-0.1, -0.05) is 30.3 Å². The van der Waals surface area contributed by atoms with Gasteiger partial charge in [0.15, 0.2) is 17.0 Å². The van der Waals surface area contributed by atoms with E-state index in [1.807, 2.05) is 0 Å². The second-order valence-corrected chi connectivity index (χ2v) is 6.04. The number of hydrogen-bond donors (Lipinski definition) is 2. The number of fused-ring (bicyclic) bond motifs is 1. The molecule has 130 valence electrons. The molecular formula is C17H20ClN7. The molecule has 7 nitrogen and oxygen atoms in total. The maximum Gasteiger partial charge on any atom is 0.224 e. The zero-order valence-electron chi connectivity index (χ0n) is 13.7. The molecule has 0 unspecified atom stereocenters. The van der Waals surface area contributed by atoms with Crippen molar-refractivity contribution in [3.63, 3.8) is 0 Å². The standard InChI is InChI=1S/C17H19N7.ClH/c18-15-14-16(23-17(19)22-15)20-10-13(21-14)24-8-6-12(7-9-24)11-4-2-1-3-5-11;/h1-5,10,12H,6-9H2,(H4,18,19,20,22,23);1H. The van der Waals surface area contributed by atoms with Crippen molar-refractivity contribution in [3.8, 4) is 0 Å². The molecule has 0 amide bonds. The summed E-state index contributed by atoms with van der Waals surface area (Å²) in [5, 5.41) is 0. The lowest BCUT2D eigenvalue weighted by Gasteiger charge is -2.32. The van der Waals surface area contributed by atoms with Crippen LogP contribution in [0.2, 0.25) is 0 Å². The highest BCUT2D eigenvalue weighted by atomic mass is 35.5. The van der Waals surface area contributed by atoms with Crippen LogP contribution in [0.15, 0.2) is 36.5 Å². The molecule has 1 fully saturated rings. The van der Waals surface area contributed by atoms with Gasteiger partial charge in [-0.2, -0.15) is 9.97 Å². The average molecular weight is 358 g/mol. The van der Waals surface area contributed by atoms with Gasteiger partial charge >= 0.3 is 0 Å². The van der Waals surface area contributed by atoms with Crippen LogP contribution in [0.25, 0.3) is 11.2 Å². The summed E-state index contributed by atoms with van der Waals surface area (Å²) in [4.78, 5) is 19.2. The molecule has 0 aliphatic carbocycles. The van der Waals surface area contributed by atoms with Crippen molar-refractivity contribution in [2.45, 2.75) is 18.8 Å². The van der Waals surface area contributed by atoms with Crippen LogP contribution in [0.4, 0.5) is 17.6 Å². The van der Waals surface area contributed by atoms with Crippen LogP contribution in [-0.2, 0) is 0 Å². The van der Waals surface area contributed by atoms with E-state index in [2.05, 4.69) is 55.2 Å². The minimum Gasteiger partial charge on any atom is -0.382 e. The van der Waals surface area contributed by atoms with Crippen LogP contribution in [0, 0.1) is 0 Å². The van der Waals surface area contributed by atoms with Gasteiger partial charge in [0, 0.05) is 13.1 Å². The highest BCUT2D eigenvalue weighted by Gasteiger charge is 2.22. The number of nitrogen functional groups attached to an aromatic ring is 2. The van der Waals surface area contributed by atoms with Gasteiger partial charge in [-0.25, -0.2) is 9.97 Å². The highest BCUT2D eigenvalue weighted by Crippen LogP contribution is 2.30.